The first-order valence-corrected chi connectivity index (χ1v) is 7.24. The summed E-state index contributed by atoms with van der Waals surface area (Å²) in [5.41, 5.74) is 6.12. The molecular formula is C17H16N4O. The Balaban J connectivity index is 1.98. The fourth-order valence-electron chi connectivity index (χ4n) is 2.98. The van der Waals surface area contributed by atoms with Gasteiger partial charge in [-0.25, -0.2) is 0 Å². The van der Waals surface area contributed by atoms with Crippen molar-refractivity contribution in [3.8, 4) is 0 Å². The van der Waals surface area contributed by atoms with Gasteiger partial charge in [0.05, 0.1) is 17.6 Å². The number of nitrogens with zero attached hydrogens (tertiary/aromatic N) is 4. The van der Waals surface area contributed by atoms with Crippen LogP contribution >= 0.6 is 0 Å². The maximum absolute atomic E-state index is 9.73. The largest absolute Gasteiger partial charge is 0.390 e. The minimum atomic E-state index is 0.00415. The van der Waals surface area contributed by atoms with E-state index in [1.165, 1.54) is 5.56 Å². The molecule has 1 aromatic carbocycles. The highest BCUT2D eigenvalue weighted by molar-refractivity contribution is 5.82. The van der Waals surface area contributed by atoms with Crippen molar-refractivity contribution in [3.63, 3.8) is 0 Å². The van der Waals surface area contributed by atoms with Crippen LogP contribution < -0.4 is 0 Å². The molecule has 0 aliphatic heterocycles. The SMILES string of the molecule is Cc1cc2c(cc(CO)n2Cc2ccccc2)n2cnnc12. The molecular weight excluding hydrogens is 276 g/mol. The Morgan fingerprint density at radius 1 is 1.09 bits per heavy atom. The number of fused-ring (bicyclic) bond motifs is 3. The lowest BCUT2D eigenvalue weighted by atomic mass is 10.2. The smallest absolute Gasteiger partial charge is 0.164 e. The summed E-state index contributed by atoms with van der Waals surface area (Å²) in [5.74, 6) is 0. The van der Waals surface area contributed by atoms with Crippen LogP contribution in [0.4, 0.5) is 0 Å². The molecule has 0 fully saturated rings. The number of hydrogen-bond donors (Lipinski definition) is 1. The van der Waals surface area contributed by atoms with Gasteiger partial charge in [0, 0.05) is 12.2 Å². The fraction of sp³-hybridized carbons (Fsp3) is 0.176. The average Bonchev–Trinajstić information content (AvgIpc) is 3.14. The second kappa shape index (κ2) is 4.96. The Labute approximate surface area is 127 Å². The monoisotopic (exact) mass is 292 g/mol. The minimum Gasteiger partial charge on any atom is -0.390 e. The molecule has 0 atom stereocenters. The third-order valence-electron chi connectivity index (χ3n) is 4.06. The number of pyridine rings is 1. The summed E-state index contributed by atoms with van der Waals surface area (Å²) in [6, 6.07) is 14.4. The second-order valence-electron chi connectivity index (χ2n) is 5.49. The van der Waals surface area contributed by atoms with Crippen molar-refractivity contribution in [1.82, 2.24) is 19.2 Å². The molecule has 0 amide bonds. The van der Waals surface area contributed by atoms with Crippen molar-refractivity contribution < 1.29 is 5.11 Å². The molecule has 1 N–H and O–H groups in total. The summed E-state index contributed by atoms with van der Waals surface area (Å²) >= 11 is 0. The zero-order valence-corrected chi connectivity index (χ0v) is 12.3. The third-order valence-corrected chi connectivity index (χ3v) is 4.06. The van der Waals surface area contributed by atoms with E-state index in [0.717, 1.165) is 34.5 Å². The molecule has 3 heterocycles. The first-order chi connectivity index (χ1) is 10.8. The van der Waals surface area contributed by atoms with Crippen LogP contribution in [0.5, 0.6) is 0 Å². The molecule has 22 heavy (non-hydrogen) atoms. The summed E-state index contributed by atoms with van der Waals surface area (Å²) < 4.78 is 4.13. The van der Waals surface area contributed by atoms with Gasteiger partial charge < -0.3 is 9.67 Å². The van der Waals surface area contributed by atoms with E-state index < -0.39 is 0 Å². The normalized spacial score (nSPS) is 11.5. The highest BCUT2D eigenvalue weighted by Crippen LogP contribution is 2.24. The first kappa shape index (κ1) is 13.0. The lowest BCUT2D eigenvalue weighted by Crippen LogP contribution is -2.04. The molecule has 0 aliphatic carbocycles. The predicted molar refractivity (Wildman–Crippen MR) is 84.7 cm³/mol. The van der Waals surface area contributed by atoms with Crippen LogP contribution in [-0.4, -0.2) is 24.3 Å². The Morgan fingerprint density at radius 2 is 1.91 bits per heavy atom. The summed E-state index contributed by atoms with van der Waals surface area (Å²) in [7, 11) is 0. The number of hydrogen-bond acceptors (Lipinski definition) is 3. The quantitative estimate of drug-likeness (QED) is 0.631. The Kier molecular flexibility index (Phi) is 2.94. The molecule has 0 unspecified atom stereocenters. The molecule has 110 valence electrons. The van der Waals surface area contributed by atoms with Crippen LogP contribution in [0, 0.1) is 6.92 Å². The second-order valence-corrected chi connectivity index (χ2v) is 5.49. The molecule has 0 spiro atoms. The number of aliphatic hydroxyl groups excluding tert-OH is 1. The Bertz CT molecular complexity index is 953. The molecule has 0 bridgehead atoms. The molecule has 0 aliphatic rings. The number of aryl methyl sites for hydroxylation is 1. The van der Waals surface area contributed by atoms with Gasteiger partial charge in [-0.3, -0.25) is 4.40 Å². The molecule has 3 aromatic heterocycles. The number of rotatable bonds is 3. The average molecular weight is 292 g/mol. The van der Waals surface area contributed by atoms with Crippen molar-refractivity contribution in [2.24, 2.45) is 0 Å². The van der Waals surface area contributed by atoms with Crippen molar-refractivity contribution in [2.75, 3.05) is 0 Å². The maximum atomic E-state index is 9.73. The van der Waals surface area contributed by atoms with E-state index in [4.69, 9.17) is 0 Å². The summed E-state index contributed by atoms with van der Waals surface area (Å²) in [6.45, 7) is 2.76. The van der Waals surface area contributed by atoms with Crippen molar-refractivity contribution in [2.45, 2.75) is 20.1 Å². The third kappa shape index (κ3) is 1.90. The minimum absolute atomic E-state index is 0.00415. The highest BCUT2D eigenvalue weighted by atomic mass is 16.3. The maximum Gasteiger partial charge on any atom is 0.164 e. The van der Waals surface area contributed by atoms with E-state index in [1.54, 1.807) is 6.33 Å². The molecule has 5 heteroatoms. The Morgan fingerprint density at radius 3 is 2.68 bits per heavy atom. The summed E-state index contributed by atoms with van der Waals surface area (Å²) in [6.07, 6.45) is 1.72. The van der Waals surface area contributed by atoms with Crippen LogP contribution in [0.25, 0.3) is 16.7 Å². The van der Waals surface area contributed by atoms with E-state index in [-0.39, 0.29) is 6.61 Å². The van der Waals surface area contributed by atoms with Crippen LogP contribution in [0.2, 0.25) is 0 Å². The van der Waals surface area contributed by atoms with Gasteiger partial charge in [0.15, 0.2) is 5.65 Å². The van der Waals surface area contributed by atoms with Crippen LogP contribution in [0.15, 0.2) is 48.8 Å². The van der Waals surface area contributed by atoms with Gasteiger partial charge >= 0.3 is 0 Å². The van der Waals surface area contributed by atoms with Gasteiger partial charge in [0.25, 0.3) is 0 Å². The molecule has 4 aromatic rings. The van der Waals surface area contributed by atoms with Crippen molar-refractivity contribution >= 4 is 16.7 Å². The molecule has 0 saturated carbocycles. The molecule has 5 nitrogen and oxygen atoms in total. The topological polar surface area (TPSA) is 55.4 Å². The Hall–Kier alpha value is -2.66. The van der Waals surface area contributed by atoms with Crippen LogP contribution in [-0.2, 0) is 13.2 Å². The predicted octanol–water partition coefficient (Wildman–Crippen LogP) is 2.53. The van der Waals surface area contributed by atoms with Gasteiger partial charge in [-0.15, -0.1) is 10.2 Å². The summed E-state index contributed by atoms with van der Waals surface area (Å²) in [4.78, 5) is 0. The van der Waals surface area contributed by atoms with Crippen LogP contribution in [0.1, 0.15) is 16.8 Å². The van der Waals surface area contributed by atoms with E-state index in [1.807, 2.05) is 35.6 Å². The zero-order valence-electron chi connectivity index (χ0n) is 12.3. The van der Waals surface area contributed by atoms with Gasteiger partial charge in [-0.1, -0.05) is 30.3 Å². The number of benzene rings is 1. The molecule has 0 radical (unpaired) electrons. The van der Waals surface area contributed by atoms with E-state index in [0.29, 0.717) is 0 Å². The van der Waals surface area contributed by atoms with Gasteiger partial charge in [-0.05, 0) is 30.2 Å². The van der Waals surface area contributed by atoms with Crippen molar-refractivity contribution in [3.05, 3.63) is 65.6 Å². The lowest BCUT2D eigenvalue weighted by molar-refractivity contribution is 0.272. The van der Waals surface area contributed by atoms with Gasteiger partial charge in [0.2, 0.25) is 0 Å². The standard InChI is InChI=1S/C17H16N4O/c1-12-7-15-16(21-11-18-19-17(12)21)8-14(10-22)20(15)9-13-5-3-2-4-6-13/h2-8,11,22H,9-10H2,1H3. The van der Waals surface area contributed by atoms with E-state index >= 15 is 0 Å². The van der Waals surface area contributed by atoms with E-state index in [2.05, 4.69) is 33.0 Å². The van der Waals surface area contributed by atoms with Crippen molar-refractivity contribution in [1.29, 1.82) is 0 Å². The highest BCUT2D eigenvalue weighted by Gasteiger charge is 2.13. The number of aliphatic hydroxyl groups is 1. The molecule has 4 rings (SSSR count). The summed E-state index contributed by atoms with van der Waals surface area (Å²) in [5, 5.41) is 17.9. The molecule has 0 saturated heterocycles. The van der Waals surface area contributed by atoms with Gasteiger partial charge in [0.1, 0.15) is 6.33 Å². The van der Waals surface area contributed by atoms with Gasteiger partial charge in [-0.2, -0.15) is 0 Å². The fourth-order valence-corrected chi connectivity index (χ4v) is 2.98. The van der Waals surface area contributed by atoms with E-state index in [9.17, 15) is 5.11 Å². The lowest BCUT2D eigenvalue weighted by Gasteiger charge is -2.10. The first-order valence-electron chi connectivity index (χ1n) is 7.24. The number of aromatic nitrogens is 4. The van der Waals surface area contributed by atoms with Crippen LogP contribution in [0.3, 0.4) is 0 Å². The zero-order chi connectivity index (χ0) is 15.1.